The van der Waals surface area contributed by atoms with Crippen LogP contribution in [-0.4, -0.2) is 29.1 Å². The Morgan fingerprint density at radius 2 is 1.86 bits per heavy atom. The first-order valence-corrected chi connectivity index (χ1v) is 9.40. The summed E-state index contributed by atoms with van der Waals surface area (Å²) in [6, 6.07) is 11.5. The van der Waals surface area contributed by atoms with E-state index in [9.17, 15) is 0 Å². The molecule has 0 unspecified atom stereocenters. The lowest BCUT2D eigenvalue weighted by molar-refractivity contribution is 0.230. The molecule has 144 valence electrons. The number of anilines is 2. The lowest BCUT2D eigenvalue weighted by Crippen LogP contribution is -2.10. The molecule has 0 amide bonds. The SMILES string of the molecule is COc1cc2c(cc1OC(C)C)Nc1n[nH]c(C)c1N=C2c1ccccc1Cl. The molecule has 1 aromatic heterocycles. The second-order valence-corrected chi connectivity index (χ2v) is 7.23. The van der Waals surface area contributed by atoms with Gasteiger partial charge in [0, 0.05) is 22.2 Å². The number of ether oxygens (including phenoxy) is 2. The van der Waals surface area contributed by atoms with Crippen LogP contribution in [0.5, 0.6) is 11.5 Å². The van der Waals surface area contributed by atoms with E-state index in [4.69, 9.17) is 26.1 Å². The van der Waals surface area contributed by atoms with Gasteiger partial charge in [-0.25, -0.2) is 4.99 Å². The quantitative estimate of drug-likeness (QED) is 0.485. The number of methoxy groups -OCH3 is 1. The van der Waals surface area contributed by atoms with Gasteiger partial charge >= 0.3 is 0 Å². The fourth-order valence-corrected chi connectivity index (χ4v) is 3.40. The van der Waals surface area contributed by atoms with E-state index in [1.165, 1.54) is 0 Å². The van der Waals surface area contributed by atoms with Gasteiger partial charge in [0.15, 0.2) is 17.3 Å². The molecule has 0 bridgehead atoms. The highest BCUT2D eigenvalue weighted by Crippen LogP contribution is 2.42. The zero-order valence-electron chi connectivity index (χ0n) is 16.1. The van der Waals surface area contributed by atoms with E-state index in [2.05, 4.69) is 15.5 Å². The highest BCUT2D eigenvalue weighted by Gasteiger charge is 2.25. The maximum absolute atomic E-state index is 6.51. The summed E-state index contributed by atoms with van der Waals surface area (Å²) in [7, 11) is 1.63. The molecule has 2 N–H and O–H groups in total. The number of hydrogen-bond acceptors (Lipinski definition) is 5. The van der Waals surface area contributed by atoms with Gasteiger partial charge in [-0.2, -0.15) is 5.10 Å². The summed E-state index contributed by atoms with van der Waals surface area (Å²) in [5.74, 6) is 1.94. The molecule has 28 heavy (non-hydrogen) atoms. The van der Waals surface area contributed by atoms with Crippen LogP contribution in [0.25, 0.3) is 0 Å². The van der Waals surface area contributed by atoms with Crippen LogP contribution in [0.4, 0.5) is 17.2 Å². The third-order valence-corrected chi connectivity index (χ3v) is 4.77. The molecule has 4 rings (SSSR count). The van der Waals surface area contributed by atoms with Crippen LogP contribution in [0.2, 0.25) is 5.02 Å². The number of H-pyrrole nitrogens is 1. The van der Waals surface area contributed by atoms with Crippen LogP contribution >= 0.6 is 11.6 Å². The summed E-state index contributed by atoms with van der Waals surface area (Å²) in [6.07, 6.45) is 0.0117. The van der Waals surface area contributed by atoms with Crippen molar-refractivity contribution in [3.05, 3.63) is 58.2 Å². The van der Waals surface area contributed by atoms with Gasteiger partial charge in [0.2, 0.25) is 0 Å². The molecule has 0 aliphatic carbocycles. The van der Waals surface area contributed by atoms with E-state index in [0.29, 0.717) is 22.3 Å². The van der Waals surface area contributed by atoms with Crippen molar-refractivity contribution in [1.29, 1.82) is 0 Å². The Balaban J connectivity index is 1.99. The number of aromatic nitrogens is 2. The van der Waals surface area contributed by atoms with E-state index in [1.54, 1.807) is 7.11 Å². The predicted molar refractivity (Wildman–Crippen MR) is 112 cm³/mol. The number of nitrogens with one attached hydrogen (secondary N) is 2. The summed E-state index contributed by atoms with van der Waals surface area (Å²) in [4.78, 5) is 4.92. The van der Waals surface area contributed by atoms with Crippen molar-refractivity contribution in [1.82, 2.24) is 10.2 Å². The average Bonchev–Trinajstić information content (AvgIpc) is 2.91. The van der Waals surface area contributed by atoms with Crippen LogP contribution in [0.1, 0.15) is 30.7 Å². The minimum atomic E-state index is 0.0117. The van der Waals surface area contributed by atoms with Gasteiger partial charge in [-0.3, -0.25) is 5.10 Å². The second kappa shape index (κ2) is 7.20. The van der Waals surface area contributed by atoms with Crippen molar-refractivity contribution in [3.8, 4) is 11.5 Å². The number of fused-ring (bicyclic) bond motifs is 2. The molecule has 1 aliphatic heterocycles. The highest BCUT2D eigenvalue weighted by molar-refractivity contribution is 6.36. The average molecular weight is 397 g/mol. The summed E-state index contributed by atoms with van der Waals surface area (Å²) in [6.45, 7) is 5.89. The summed E-state index contributed by atoms with van der Waals surface area (Å²) in [5.41, 5.74) is 4.87. The molecule has 0 fully saturated rings. The largest absolute Gasteiger partial charge is 0.493 e. The lowest BCUT2D eigenvalue weighted by atomic mass is 9.99. The summed E-state index contributed by atoms with van der Waals surface area (Å²) in [5, 5.41) is 11.3. The first-order valence-electron chi connectivity index (χ1n) is 9.02. The van der Waals surface area contributed by atoms with E-state index in [1.807, 2.05) is 57.2 Å². The topological polar surface area (TPSA) is 71.5 Å². The number of rotatable bonds is 4. The third-order valence-electron chi connectivity index (χ3n) is 4.44. The van der Waals surface area contributed by atoms with E-state index in [0.717, 1.165) is 33.9 Å². The minimum Gasteiger partial charge on any atom is -0.493 e. The van der Waals surface area contributed by atoms with Gasteiger partial charge in [0.05, 0.1) is 30.3 Å². The van der Waals surface area contributed by atoms with Gasteiger partial charge in [-0.1, -0.05) is 29.8 Å². The van der Waals surface area contributed by atoms with Crippen LogP contribution in [-0.2, 0) is 0 Å². The van der Waals surface area contributed by atoms with Crippen LogP contribution in [0.3, 0.4) is 0 Å². The summed E-state index contributed by atoms with van der Waals surface area (Å²) >= 11 is 6.51. The Hall–Kier alpha value is -2.99. The monoisotopic (exact) mass is 396 g/mol. The number of aryl methyl sites for hydroxylation is 1. The Labute approximate surface area is 168 Å². The molecule has 1 aliphatic rings. The summed E-state index contributed by atoms with van der Waals surface area (Å²) < 4.78 is 11.5. The fourth-order valence-electron chi connectivity index (χ4n) is 3.17. The molecule has 0 saturated heterocycles. The Bertz CT molecular complexity index is 1070. The number of benzene rings is 2. The standard InChI is InChI=1S/C21H21ClN4O2/c1-11(2)28-18-10-16-14(9-17(18)27-4)20(13-7-5-6-8-15(13)22)24-19-12(3)25-26-21(19)23-16/h5-11H,1-4H3,(H2,23,25,26). The minimum absolute atomic E-state index is 0.0117. The molecule has 3 aromatic rings. The zero-order chi connectivity index (χ0) is 19.8. The molecular weight excluding hydrogens is 376 g/mol. The maximum atomic E-state index is 6.51. The van der Waals surface area contributed by atoms with Gasteiger partial charge in [-0.05, 0) is 32.9 Å². The smallest absolute Gasteiger partial charge is 0.178 e. The molecule has 0 saturated carbocycles. The number of halogens is 1. The highest BCUT2D eigenvalue weighted by atomic mass is 35.5. The van der Waals surface area contributed by atoms with Gasteiger partial charge in [0.25, 0.3) is 0 Å². The number of aliphatic imine (C=N–C) groups is 1. The first-order chi connectivity index (χ1) is 13.5. The number of hydrogen-bond donors (Lipinski definition) is 2. The fraction of sp³-hybridized carbons (Fsp3) is 0.238. The molecule has 2 heterocycles. The van der Waals surface area contributed by atoms with Crippen molar-refractivity contribution in [2.45, 2.75) is 26.9 Å². The molecular formula is C21H21ClN4O2. The molecule has 7 heteroatoms. The van der Waals surface area contributed by atoms with Crippen molar-refractivity contribution in [2.24, 2.45) is 4.99 Å². The molecule has 0 atom stereocenters. The van der Waals surface area contributed by atoms with Crippen molar-refractivity contribution >= 4 is 34.5 Å². The predicted octanol–water partition coefficient (Wildman–Crippen LogP) is 5.39. The van der Waals surface area contributed by atoms with Crippen molar-refractivity contribution in [2.75, 3.05) is 12.4 Å². The zero-order valence-corrected chi connectivity index (χ0v) is 16.9. The van der Waals surface area contributed by atoms with Gasteiger partial charge < -0.3 is 14.8 Å². The van der Waals surface area contributed by atoms with Crippen molar-refractivity contribution in [3.63, 3.8) is 0 Å². The molecule has 0 spiro atoms. The maximum Gasteiger partial charge on any atom is 0.178 e. The first kappa shape index (κ1) is 18.4. The molecule has 6 nitrogen and oxygen atoms in total. The van der Waals surface area contributed by atoms with Crippen LogP contribution in [0, 0.1) is 6.92 Å². The van der Waals surface area contributed by atoms with E-state index >= 15 is 0 Å². The van der Waals surface area contributed by atoms with E-state index in [-0.39, 0.29) is 6.10 Å². The Morgan fingerprint density at radius 1 is 1.07 bits per heavy atom. The molecule has 0 radical (unpaired) electrons. The van der Waals surface area contributed by atoms with Crippen LogP contribution in [0.15, 0.2) is 41.4 Å². The number of nitrogens with zero attached hydrogens (tertiary/aromatic N) is 2. The Kier molecular flexibility index (Phi) is 4.73. The van der Waals surface area contributed by atoms with E-state index < -0.39 is 0 Å². The van der Waals surface area contributed by atoms with Crippen LogP contribution < -0.4 is 14.8 Å². The Morgan fingerprint density at radius 3 is 2.57 bits per heavy atom. The lowest BCUT2D eigenvalue weighted by Gasteiger charge is -2.18. The number of aromatic amines is 1. The van der Waals surface area contributed by atoms with Gasteiger partial charge in [-0.15, -0.1) is 0 Å². The third kappa shape index (κ3) is 3.20. The second-order valence-electron chi connectivity index (χ2n) is 6.83. The van der Waals surface area contributed by atoms with Gasteiger partial charge in [0.1, 0.15) is 5.69 Å². The molecule has 2 aromatic carbocycles. The normalized spacial score (nSPS) is 12.6. The van der Waals surface area contributed by atoms with Crippen molar-refractivity contribution < 1.29 is 9.47 Å².